The Balaban J connectivity index is 1.29. The molecule has 1 aliphatic carbocycles. The molecule has 8 nitrogen and oxygen atoms in total. The minimum Gasteiger partial charge on any atom is -0.493 e. The molecule has 0 spiro atoms. The Morgan fingerprint density at radius 3 is 2.32 bits per heavy atom. The highest BCUT2D eigenvalue weighted by atomic mass is 16.6. The van der Waals surface area contributed by atoms with Crippen molar-refractivity contribution in [3.8, 4) is 45.5 Å². The van der Waals surface area contributed by atoms with Crippen LogP contribution in [0.15, 0.2) is 82.1 Å². The van der Waals surface area contributed by atoms with E-state index in [0.717, 1.165) is 58.1 Å². The lowest BCUT2D eigenvalue weighted by Crippen LogP contribution is -2.28. The van der Waals surface area contributed by atoms with Crippen LogP contribution in [0.25, 0.3) is 33.6 Å². The molecule has 2 aromatic heterocycles. The van der Waals surface area contributed by atoms with Crippen molar-refractivity contribution in [1.29, 1.82) is 0 Å². The normalized spacial score (nSPS) is 12.9. The Kier molecular flexibility index (Phi) is 7.37. The van der Waals surface area contributed by atoms with Gasteiger partial charge >= 0.3 is 6.08 Å². The van der Waals surface area contributed by atoms with Crippen LogP contribution in [0, 0.1) is 12.8 Å². The molecule has 1 N–H and O–H groups in total. The average Bonchev–Trinajstić information content (AvgIpc) is 3.72. The SMILES string of the molecule is CCCc1nc(C)c(-c2ccc(OCC3CC3)cc2)c(=O)n1Cc1ccc(-c2ccccc2-c2noc(O)n2)cc1. The summed E-state index contributed by atoms with van der Waals surface area (Å²) in [7, 11) is 0. The first kappa shape index (κ1) is 26.5. The fourth-order valence-electron chi connectivity index (χ4n) is 5.07. The standard InChI is InChI=1S/C33H32N4O4/c1-3-6-29-34-21(2)30(25-15-17-26(18-16-25)40-20-23-9-10-23)32(38)37(29)19-22-11-13-24(14-12-22)27-7-4-5-8-28(27)31-35-33(39)41-36-31/h4-5,7-8,11-18,23H,3,6,9-10,19-20H2,1-2H3,(H,35,36,39). The lowest BCUT2D eigenvalue weighted by atomic mass is 9.98. The topological polar surface area (TPSA) is 103 Å². The summed E-state index contributed by atoms with van der Waals surface area (Å²) in [5, 5.41) is 13.4. The minimum absolute atomic E-state index is 0.0427. The average molecular weight is 549 g/mol. The maximum atomic E-state index is 13.9. The summed E-state index contributed by atoms with van der Waals surface area (Å²) in [6, 6.07) is 23.5. The number of aromatic hydroxyl groups is 1. The highest BCUT2D eigenvalue weighted by molar-refractivity contribution is 5.80. The molecule has 1 fully saturated rings. The van der Waals surface area contributed by atoms with E-state index in [1.54, 1.807) is 4.57 Å². The summed E-state index contributed by atoms with van der Waals surface area (Å²) >= 11 is 0. The molecule has 0 amide bonds. The molecule has 1 saturated carbocycles. The summed E-state index contributed by atoms with van der Waals surface area (Å²) in [4.78, 5) is 22.8. The number of benzene rings is 3. The highest BCUT2D eigenvalue weighted by Crippen LogP contribution is 2.32. The summed E-state index contributed by atoms with van der Waals surface area (Å²) in [6.07, 6.45) is 3.62. The number of aryl methyl sites for hydroxylation is 2. The van der Waals surface area contributed by atoms with Crippen LogP contribution in [0.4, 0.5) is 0 Å². The highest BCUT2D eigenvalue weighted by Gasteiger charge is 2.22. The fourth-order valence-corrected chi connectivity index (χ4v) is 5.07. The molecule has 0 radical (unpaired) electrons. The van der Waals surface area contributed by atoms with Gasteiger partial charge in [0.15, 0.2) is 0 Å². The quantitative estimate of drug-likeness (QED) is 0.214. The Labute approximate surface area is 238 Å². The number of aromatic nitrogens is 4. The van der Waals surface area contributed by atoms with Gasteiger partial charge < -0.3 is 9.84 Å². The van der Waals surface area contributed by atoms with Crippen molar-refractivity contribution in [2.45, 2.75) is 46.1 Å². The summed E-state index contributed by atoms with van der Waals surface area (Å²) in [5.41, 5.74) is 5.77. The van der Waals surface area contributed by atoms with Crippen molar-refractivity contribution >= 4 is 0 Å². The van der Waals surface area contributed by atoms with Gasteiger partial charge in [-0.3, -0.25) is 13.9 Å². The van der Waals surface area contributed by atoms with E-state index < -0.39 is 6.08 Å². The van der Waals surface area contributed by atoms with Gasteiger partial charge in [-0.2, -0.15) is 4.98 Å². The van der Waals surface area contributed by atoms with E-state index in [9.17, 15) is 9.90 Å². The van der Waals surface area contributed by atoms with Crippen LogP contribution in [-0.4, -0.2) is 31.4 Å². The molecule has 0 saturated heterocycles. The van der Waals surface area contributed by atoms with Gasteiger partial charge in [-0.1, -0.05) is 72.7 Å². The van der Waals surface area contributed by atoms with E-state index in [1.807, 2.05) is 79.7 Å². The van der Waals surface area contributed by atoms with Gasteiger partial charge in [0.1, 0.15) is 11.6 Å². The van der Waals surface area contributed by atoms with Gasteiger partial charge in [-0.15, -0.1) is 0 Å². The predicted octanol–water partition coefficient (Wildman–Crippen LogP) is 6.43. The first-order valence-corrected chi connectivity index (χ1v) is 14.0. The predicted molar refractivity (Wildman–Crippen MR) is 157 cm³/mol. The van der Waals surface area contributed by atoms with Gasteiger partial charge in [0.05, 0.1) is 24.4 Å². The zero-order valence-electron chi connectivity index (χ0n) is 23.2. The Hall–Kier alpha value is -4.72. The van der Waals surface area contributed by atoms with E-state index in [1.165, 1.54) is 12.8 Å². The van der Waals surface area contributed by atoms with Crippen LogP contribution >= 0.6 is 0 Å². The Bertz CT molecular complexity index is 1720. The second-order valence-electron chi connectivity index (χ2n) is 10.6. The number of ether oxygens (including phenoxy) is 1. The monoisotopic (exact) mass is 548 g/mol. The zero-order chi connectivity index (χ0) is 28.3. The van der Waals surface area contributed by atoms with E-state index >= 15 is 0 Å². The minimum atomic E-state index is -0.470. The summed E-state index contributed by atoms with van der Waals surface area (Å²) in [5.74, 6) is 2.61. The van der Waals surface area contributed by atoms with Crippen molar-refractivity contribution in [2.24, 2.45) is 5.92 Å². The second kappa shape index (κ2) is 11.4. The van der Waals surface area contributed by atoms with Crippen molar-refractivity contribution in [2.75, 3.05) is 6.61 Å². The number of rotatable bonds is 10. The third-order valence-electron chi connectivity index (χ3n) is 7.42. The van der Waals surface area contributed by atoms with E-state index in [2.05, 4.69) is 17.1 Å². The molecule has 6 rings (SSSR count). The van der Waals surface area contributed by atoms with Crippen LogP contribution in [0.3, 0.4) is 0 Å². The van der Waals surface area contributed by atoms with Crippen molar-refractivity contribution in [3.05, 3.63) is 100 Å². The van der Waals surface area contributed by atoms with Gasteiger partial charge in [0.25, 0.3) is 5.56 Å². The first-order chi connectivity index (χ1) is 20.0. The van der Waals surface area contributed by atoms with E-state index in [0.29, 0.717) is 30.3 Å². The van der Waals surface area contributed by atoms with Crippen molar-refractivity contribution in [1.82, 2.24) is 19.7 Å². The van der Waals surface area contributed by atoms with Crippen LogP contribution in [-0.2, 0) is 13.0 Å². The lowest BCUT2D eigenvalue weighted by molar-refractivity contribution is 0.267. The summed E-state index contributed by atoms with van der Waals surface area (Å²) in [6.45, 7) is 5.17. The molecule has 8 heteroatoms. The number of hydrogen-bond donors (Lipinski definition) is 1. The lowest BCUT2D eigenvalue weighted by Gasteiger charge is -2.16. The molecule has 0 unspecified atom stereocenters. The van der Waals surface area contributed by atoms with E-state index in [-0.39, 0.29) is 5.56 Å². The molecule has 0 bridgehead atoms. The molecule has 1 aliphatic rings. The van der Waals surface area contributed by atoms with Crippen LogP contribution < -0.4 is 10.3 Å². The fraction of sp³-hybridized carbons (Fsp3) is 0.273. The Morgan fingerprint density at radius 1 is 0.951 bits per heavy atom. The molecule has 0 aliphatic heterocycles. The third-order valence-corrected chi connectivity index (χ3v) is 7.42. The maximum Gasteiger partial charge on any atom is 0.415 e. The molecular formula is C33H32N4O4. The van der Waals surface area contributed by atoms with Crippen LogP contribution in [0.1, 0.15) is 43.3 Å². The molecule has 3 aromatic carbocycles. The van der Waals surface area contributed by atoms with Gasteiger partial charge in [0.2, 0.25) is 5.82 Å². The molecular weight excluding hydrogens is 516 g/mol. The smallest absolute Gasteiger partial charge is 0.415 e. The van der Waals surface area contributed by atoms with E-state index in [4.69, 9.17) is 14.2 Å². The van der Waals surface area contributed by atoms with Gasteiger partial charge in [0, 0.05) is 12.0 Å². The van der Waals surface area contributed by atoms with Crippen molar-refractivity contribution in [3.63, 3.8) is 0 Å². The van der Waals surface area contributed by atoms with Crippen LogP contribution in [0.5, 0.6) is 11.8 Å². The molecule has 41 heavy (non-hydrogen) atoms. The van der Waals surface area contributed by atoms with Gasteiger partial charge in [-0.25, -0.2) is 4.98 Å². The Morgan fingerprint density at radius 2 is 1.66 bits per heavy atom. The molecule has 0 atom stereocenters. The second-order valence-corrected chi connectivity index (χ2v) is 10.6. The molecule has 5 aromatic rings. The molecule has 208 valence electrons. The van der Waals surface area contributed by atoms with Crippen molar-refractivity contribution < 1.29 is 14.4 Å². The maximum absolute atomic E-state index is 13.9. The number of hydrogen-bond acceptors (Lipinski definition) is 7. The zero-order valence-corrected chi connectivity index (χ0v) is 23.2. The first-order valence-electron chi connectivity index (χ1n) is 14.0. The largest absolute Gasteiger partial charge is 0.493 e. The number of nitrogens with zero attached hydrogens (tertiary/aromatic N) is 4. The molecule has 2 heterocycles. The van der Waals surface area contributed by atoms with Gasteiger partial charge in [-0.05, 0) is 66.5 Å². The summed E-state index contributed by atoms with van der Waals surface area (Å²) < 4.78 is 12.5. The van der Waals surface area contributed by atoms with Crippen LogP contribution in [0.2, 0.25) is 0 Å². The third kappa shape index (κ3) is 5.77.